The van der Waals surface area contributed by atoms with E-state index in [4.69, 9.17) is 14.1 Å². The predicted octanol–water partition coefficient (Wildman–Crippen LogP) is 4.94. The molecule has 8 nitrogen and oxygen atoms in total. The highest BCUT2D eigenvalue weighted by Gasteiger charge is 2.34. The fraction of sp³-hybridized carbons (Fsp3) is 0.400. The second-order valence-corrected chi connectivity index (χ2v) is 9.43. The number of pyridine rings is 1. The molecule has 33 heavy (non-hydrogen) atoms. The van der Waals surface area contributed by atoms with E-state index in [1.165, 1.54) is 0 Å². The smallest absolute Gasteiger partial charge is 0.337 e. The molecular weight excluding hydrogens is 420 g/mol. The molecule has 4 rings (SSSR count). The second kappa shape index (κ2) is 8.19. The quantitative estimate of drug-likeness (QED) is 0.447. The molecule has 0 saturated carbocycles. The standard InChI is InChI=1S/C25H30N4O4/c1-14-16(3)29(13-17-11-26-28(7)12-17)23-19(14)21(18-9-8-10-32-18)20(15(2)27-23)22(24(30)31)33-25(4,5)6/h8-12,22H,13H2,1-7H3,(H,30,31)/t22-/m0/s1. The van der Waals surface area contributed by atoms with E-state index in [1.54, 1.807) is 17.0 Å². The van der Waals surface area contributed by atoms with E-state index in [-0.39, 0.29) is 0 Å². The Morgan fingerprint density at radius 3 is 2.55 bits per heavy atom. The normalized spacial score (nSPS) is 13.1. The molecule has 4 heterocycles. The Labute approximate surface area is 192 Å². The van der Waals surface area contributed by atoms with Crippen molar-refractivity contribution in [1.82, 2.24) is 19.3 Å². The van der Waals surface area contributed by atoms with Crippen LogP contribution in [0, 0.1) is 20.8 Å². The van der Waals surface area contributed by atoms with Gasteiger partial charge in [-0.25, -0.2) is 9.78 Å². The zero-order valence-electron chi connectivity index (χ0n) is 20.1. The Kier molecular flexibility index (Phi) is 5.66. The number of carboxylic acids is 1. The Hall–Kier alpha value is -3.39. The minimum absolute atomic E-state index is 0.515. The van der Waals surface area contributed by atoms with Gasteiger partial charge in [0.25, 0.3) is 0 Å². The number of aliphatic carboxylic acids is 1. The van der Waals surface area contributed by atoms with Crippen LogP contribution in [0.1, 0.15) is 55.0 Å². The summed E-state index contributed by atoms with van der Waals surface area (Å²) < 4.78 is 15.8. The lowest BCUT2D eigenvalue weighted by atomic mass is 9.94. The fourth-order valence-corrected chi connectivity index (χ4v) is 4.31. The summed E-state index contributed by atoms with van der Waals surface area (Å²) in [6.45, 7) is 12.0. The average molecular weight is 451 g/mol. The number of furan rings is 1. The van der Waals surface area contributed by atoms with E-state index in [9.17, 15) is 9.90 Å². The SMILES string of the molecule is Cc1nc2c(c(C)c(C)n2Cc2cnn(C)c2)c(-c2ccco2)c1[C@H](OC(C)(C)C)C(=O)O. The maximum absolute atomic E-state index is 12.4. The minimum atomic E-state index is -1.19. The van der Waals surface area contributed by atoms with Crippen molar-refractivity contribution in [2.45, 2.75) is 59.8 Å². The van der Waals surface area contributed by atoms with Crippen LogP contribution in [-0.2, 0) is 23.1 Å². The summed E-state index contributed by atoms with van der Waals surface area (Å²) in [6.07, 6.45) is 4.22. The summed E-state index contributed by atoms with van der Waals surface area (Å²) in [5.74, 6) is -0.475. The van der Waals surface area contributed by atoms with Gasteiger partial charge in [0.1, 0.15) is 11.4 Å². The van der Waals surface area contributed by atoms with Gasteiger partial charge in [-0.3, -0.25) is 4.68 Å². The van der Waals surface area contributed by atoms with Gasteiger partial charge in [0.2, 0.25) is 0 Å². The van der Waals surface area contributed by atoms with Crippen LogP contribution in [0.4, 0.5) is 0 Å². The van der Waals surface area contributed by atoms with Gasteiger partial charge in [-0.15, -0.1) is 0 Å². The zero-order chi connectivity index (χ0) is 24.1. The molecule has 8 heteroatoms. The Morgan fingerprint density at radius 2 is 2.00 bits per heavy atom. The molecule has 1 N–H and O–H groups in total. The predicted molar refractivity (Wildman–Crippen MR) is 125 cm³/mol. The Bertz CT molecular complexity index is 1320. The van der Waals surface area contributed by atoms with Gasteiger partial charge < -0.3 is 18.8 Å². The first-order valence-corrected chi connectivity index (χ1v) is 10.9. The maximum Gasteiger partial charge on any atom is 0.337 e. The van der Waals surface area contributed by atoms with Crippen LogP contribution in [0.3, 0.4) is 0 Å². The summed E-state index contributed by atoms with van der Waals surface area (Å²) >= 11 is 0. The van der Waals surface area contributed by atoms with Crippen molar-refractivity contribution in [2.75, 3.05) is 0 Å². The van der Waals surface area contributed by atoms with Crippen LogP contribution < -0.4 is 0 Å². The number of aryl methyl sites for hydroxylation is 3. The van der Waals surface area contributed by atoms with E-state index < -0.39 is 17.7 Å². The molecule has 0 aliphatic heterocycles. The highest BCUT2D eigenvalue weighted by Crippen LogP contribution is 2.42. The summed E-state index contributed by atoms with van der Waals surface area (Å²) in [5, 5.41) is 15.3. The van der Waals surface area contributed by atoms with Crippen LogP contribution in [0.2, 0.25) is 0 Å². The van der Waals surface area contributed by atoms with E-state index in [0.29, 0.717) is 29.1 Å². The Morgan fingerprint density at radius 1 is 1.27 bits per heavy atom. The third-order valence-corrected chi connectivity index (χ3v) is 5.81. The summed E-state index contributed by atoms with van der Waals surface area (Å²) in [5.41, 5.74) is 5.06. The summed E-state index contributed by atoms with van der Waals surface area (Å²) in [4.78, 5) is 17.3. The lowest BCUT2D eigenvalue weighted by Crippen LogP contribution is -2.28. The van der Waals surface area contributed by atoms with Crippen LogP contribution in [0.5, 0.6) is 0 Å². The molecule has 4 aromatic rings. The van der Waals surface area contributed by atoms with Gasteiger partial charge in [0.05, 0.1) is 24.6 Å². The molecule has 0 aliphatic rings. The van der Waals surface area contributed by atoms with E-state index >= 15 is 0 Å². The maximum atomic E-state index is 12.4. The van der Waals surface area contributed by atoms with E-state index in [2.05, 4.69) is 16.6 Å². The van der Waals surface area contributed by atoms with Crippen molar-refractivity contribution < 1.29 is 19.1 Å². The monoisotopic (exact) mass is 450 g/mol. The molecule has 0 aromatic carbocycles. The highest BCUT2D eigenvalue weighted by atomic mass is 16.5. The second-order valence-electron chi connectivity index (χ2n) is 9.43. The van der Waals surface area contributed by atoms with Gasteiger partial charge in [0.15, 0.2) is 6.10 Å². The highest BCUT2D eigenvalue weighted by molar-refractivity contribution is 5.99. The van der Waals surface area contributed by atoms with Crippen molar-refractivity contribution in [3.8, 4) is 11.3 Å². The molecule has 0 amide bonds. The number of rotatable bonds is 6. The van der Waals surface area contributed by atoms with Crippen LogP contribution in [0.15, 0.2) is 35.2 Å². The van der Waals surface area contributed by atoms with Gasteiger partial charge in [-0.1, -0.05) is 0 Å². The molecule has 1 atom stereocenters. The van der Waals surface area contributed by atoms with Crippen molar-refractivity contribution in [3.63, 3.8) is 0 Å². The van der Waals surface area contributed by atoms with Crippen molar-refractivity contribution in [3.05, 3.63) is 58.9 Å². The minimum Gasteiger partial charge on any atom is -0.479 e. The first-order chi connectivity index (χ1) is 15.5. The van der Waals surface area contributed by atoms with Crippen LogP contribution in [-0.4, -0.2) is 36.0 Å². The number of aromatic nitrogens is 4. The van der Waals surface area contributed by atoms with Crippen molar-refractivity contribution in [1.29, 1.82) is 0 Å². The first kappa shape index (κ1) is 22.8. The number of hydrogen-bond donors (Lipinski definition) is 1. The van der Waals surface area contributed by atoms with E-state index in [1.807, 2.05) is 60.1 Å². The van der Waals surface area contributed by atoms with Gasteiger partial charge in [0, 0.05) is 46.7 Å². The lowest BCUT2D eigenvalue weighted by Gasteiger charge is -2.27. The van der Waals surface area contributed by atoms with Crippen LogP contribution in [0.25, 0.3) is 22.4 Å². The molecule has 0 bridgehead atoms. The third-order valence-electron chi connectivity index (χ3n) is 5.81. The molecule has 0 saturated heterocycles. The number of carbonyl (C=O) groups is 1. The molecule has 4 aromatic heterocycles. The molecule has 174 valence electrons. The van der Waals surface area contributed by atoms with E-state index in [0.717, 1.165) is 27.9 Å². The molecule has 0 radical (unpaired) electrons. The van der Waals surface area contributed by atoms with Crippen molar-refractivity contribution in [2.24, 2.45) is 7.05 Å². The van der Waals surface area contributed by atoms with Crippen molar-refractivity contribution >= 4 is 17.0 Å². The Balaban J connectivity index is 2.04. The summed E-state index contributed by atoms with van der Waals surface area (Å²) in [7, 11) is 1.89. The number of nitrogens with zero attached hydrogens (tertiary/aromatic N) is 4. The first-order valence-electron chi connectivity index (χ1n) is 10.9. The number of fused-ring (bicyclic) bond motifs is 1. The molecule has 0 aliphatic carbocycles. The molecule has 0 fully saturated rings. The molecular formula is C25H30N4O4. The number of carboxylic acid groups (broad SMARTS) is 1. The number of hydrogen-bond acceptors (Lipinski definition) is 5. The van der Waals surface area contributed by atoms with Gasteiger partial charge in [-0.2, -0.15) is 5.10 Å². The van der Waals surface area contributed by atoms with Crippen LogP contribution >= 0.6 is 0 Å². The molecule has 0 unspecified atom stereocenters. The fourth-order valence-electron chi connectivity index (χ4n) is 4.31. The van der Waals surface area contributed by atoms with Gasteiger partial charge >= 0.3 is 5.97 Å². The third kappa shape index (κ3) is 4.18. The summed E-state index contributed by atoms with van der Waals surface area (Å²) in [6, 6.07) is 3.65. The van der Waals surface area contributed by atoms with Gasteiger partial charge in [-0.05, 0) is 59.2 Å². The lowest BCUT2D eigenvalue weighted by molar-refractivity contribution is -0.160. The number of ether oxygens (including phenoxy) is 1. The molecule has 0 spiro atoms. The average Bonchev–Trinajstić information content (AvgIpc) is 3.43. The largest absolute Gasteiger partial charge is 0.479 e. The topological polar surface area (TPSA) is 95.3 Å². The zero-order valence-corrected chi connectivity index (χ0v) is 20.1.